The molecule has 0 aromatic carbocycles. The highest BCUT2D eigenvalue weighted by Crippen LogP contribution is 2.34. The summed E-state index contributed by atoms with van der Waals surface area (Å²) in [6.07, 6.45) is 9.95. The van der Waals surface area contributed by atoms with Gasteiger partial charge < -0.3 is 5.32 Å². The molecular weight excluding hydrogens is 370 g/mol. The lowest BCUT2D eigenvalue weighted by molar-refractivity contribution is -0.112. The molecule has 2 N–H and O–H groups in total. The summed E-state index contributed by atoms with van der Waals surface area (Å²) >= 11 is 0. The molecule has 0 atom stereocenters. The second-order valence-corrected chi connectivity index (χ2v) is 6.88. The second kappa shape index (κ2) is 7.83. The number of carbonyl (C=O) groups excluding carboxylic acids is 1. The highest BCUT2D eigenvalue weighted by Gasteiger charge is 2.36. The van der Waals surface area contributed by atoms with Gasteiger partial charge in [-0.2, -0.15) is 20.0 Å². The lowest BCUT2D eigenvalue weighted by Gasteiger charge is -2.10. The van der Waals surface area contributed by atoms with Crippen LogP contribution in [-0.4, -0.2) is 31.3 Å². The number of aromatic nitrogens is 4. The van der Waals surface area contributed by atoms with Gasteiger partial charge in [-0.05, 0) is 33.3 Å². The Balaban J connectivity index is 1.87. The standard InChI is InChI=1S/C20H23N7O2/c1-6-8-10-20(25-26-20)11-9-16(28)22-17-12(3)13(4)24-27(17)19-21-14(5)15(7-2)18(29)23-19/h1,9,11H,7-8,10H2,2-5H3,(H,22,28)(H,21,23,29). The molecule has 2 aromatic heterocycles. The molecule has 0 saturated heterocycles. The molecule has 1 aliphatic heterocycles. The molecular formula is C20H23N7O2. The van der Waals surface area contributed by atoms with Crippen LogP contribution in [0.5, 0.6) is 0 Å². The van der Waals surface area contributed by atoms with Gasteiger partial charge in [0.15, 0.2) is 0 Å². The van der Waals surface area contributed by atoms with E-state index in [2.05, 4.69) is 36.5 Å². The molecule has 0 unspecified atom stereocenters. The lowest BCUT2D eigenvalue weighted by Crippen LogP contribution is -2.21. The first-order valence-electron chi connectivity index (χ1n) is 9.34. The minimum atomic E-state index is -0.686. The predicted molar refractivity (Wildman–Crippen MR) is 109 cm³/mol. The molecule has 3 rings (SSSR count). The minimum absolute atomic E-state index is 0.217. The fourth-order valence-electron chi connectivity index (χ4n) is 2.96. The summed E-state index contributed by atoms with van der Waals surface area (Å²) in [5.74, 6) is 2.86. The van der Waals surface area contributed by atoms with Gasteiger partial charge in [-0.25, -0.2) is 4.98 Å². The maximum Gasteiger partial charge on any atom is 0.255 e. The number of anilines is 1. The summed E-state index contributed by atoms with van der Waals surface area (Å²) in [6, 6.07) is 0. The van der Waals surface area contributed by atoms with E-state index in [1.54, 1.807) is 13.0 Å². The number of aryl methyl sites for hydroxylation is 2. The average molecular weight is 393 g/mol. The van der Waals surface area contributed by atoms with Crippen molar-refractivity contribution in [2.24, 2.45) is 10.2 Å². The molecule has 29 heavy (non-hydrogen) atoms. The van der Waals surface area contributed by atoms with Crippen LogP contribution in [0.15, 0.2) is 27.2 Å². The Morgan fingerprint density at radius 3 is 2.62 bits per heavy atom. The molecule has 150 valence electrons. The van der Waals surface area contributed by atoms with E-state index in [0.29, 0.717) is 42.0 Å². The van der Waals surface area contributed by atoms with E-state index in [9.17, 15) is 9.59 Å². The van der Waals surface area contributed by atoms with E-state index in [4.69, 9.17) is 6.42 Å². The Labute approximate surface area is 168 Å². The maximum absolute atomic E-state index is 12.5. The zero-order valence-electron chi connectivity index (χ0n) is 16.9. The van der Waals surface area contributed by atoms with Crippen LogP contribution in [0.3, 0.4) is 0 Å². The SMILES string of the molecule is C#CCCC1(C=CC(=O)Nc2c(C)c(C)nn2-c2nc(C)c(CC)c(=O)[nH]2)N=N1. The molecule has 0 fully saturated rings. The summed E-state index contributed by atoms with van der Waals surface area (Å²) < 4.78 is 1.43. The van der Waals surface area contributed by atoms with Crippen molar-refractivity contribution in [1.82, 2.24) is 19.7 Å². The first kappa shape index (κ1) is 20.2. The van der Waals surface area contributed by atoms with Gasteiger partial charge in [-0.3, -0.25) is 14.6 Å². The van der Waals surface area contributed by atoms with Crippen LogP contribution >= 0.6 is 0 Å². The topological polar surface area (TPSA) is 117 Å². The molecule has 1 amide bonds. The third-order valence-corrected chi connectivity index (χ3v) is 4.86. The molecule has 3 heterocycles. The molecule has 0 aliphatic carbocycles. The van der Waals surface area contributed by atoms with Gasteiger partial charge in [0.05, 0.1) is 5.69 Å². The van der Waals surface area contributed by atoms with Crippen molar-refractivity contribution in [2.75, 3.05) is 5.32 Å². The highest BCUT2D eigenvalue weighted by atomic mass is 16.1. The smallest absolute Gasteiger partial charge is 0.255 e. The Bertz CT molecular complexity index is 1110. The number of hydrogen-bond donors (Lipinski definition) is 2. The van der Waals surface area contributed by atoms with Crippen molar-refractivity contribution < 1.29 is 4.79 Å². The van der Waals surface area contributed by atoms with E-state index >= 15 is 0 Å². The zero-order valence-corrected chi connectivity index (χ0v) is 16.9. The lowest BCUT2D eigenvalue weighted by atomic mass is 10.1. The van der Waals surface area contributed by atoms with Crippen LogP contribution in [0.4, 0.5) is 5.82 Å². The molecule has 9 nitrogen and oxygen atoms in total. The largest absolute Gasteiger partial charge is 0.307 e. The van der Waals surface area contributed by atoms with E-state index < -0.39 is 5.66 Å². The van der Waals surface area contributed by atoms with Crippen molar-refractivity contribution in [3.63, 3.8) is 0 Å². The van der Waals surface area contributed by atoms with Crippen LogP contribution in [0.2, 0.25) is 0 Å². The minimum Gasteiger partial charge on any atom is -0.307 e. The van der Waals surface area contributed by atoms with Crippen molar-refractivity contribution in [3.05, 3.63) is 45.0 Å². The van der Waals surface area contributed by atoms with Crippen molar-refractivity contribution in [1.29, 1.82) is 0 Å². The number of amides is 1. The molecule has 2 aromatic rings. The van der Waals surface area contributed by atoms with Crippen LogP contribution in [-0.2, 0) is 11.2 Å². The Morgan fingerprint density at radius 1 is 1.31 bits per heavy atom. The molecule has 0 bridgehead atoms. The van der Waals surface area contributed by atoms with Crippen molar-refractivity contribution in [2.45, 2.75) is 52.6 Å². The molecule has 0 radical (unpaired) electrons. The molecule has 1 aliphatic rings. The molecule has 9 heteroatoms. The number of carbonyl (C=O) groups is 1. The van der Waals surface area contributed by atoms with Crippen LogP contribution < -0.4 is 10.9 Å². The third-order valence-electron chi connectivity index (χ3n) is 4.86. The van der Waals surface area contributed by atoms with Gasteiger partial charge >= 0.3 is 0 Å². The Kier molecular flexibility index (Phi) is 5.46. The van der Waals surface area contributed by atoms with E-state index in [-0.39, 0.29) is 17.4 Å². The van der Waals surface area contributed by atoms with Crippen LogP contribution in [0.1, 0.15) is 42.3 Å². The Hall–Kier alpha value is -3.54. The molecule has 0 spiro atoms. The predicted octanol–water partition coefficient (Wildman–Crippen LogP) is 2.51. The van der Waals surface area contributed by atoms with Gasteiger partial charge in [0.1, 0.15) is 5.82 Å². The number of nitrogens with zero attached hydrogens (tertiary/aromatic N) is 5. The monoisotopic (exact) mass is 393 g/mol. The molecule has 0 saturated carbocycles. The fraction of sp³-hybridized carbons (Fsp3) is 0.400. The normalized spacial score (nSPS) is 14.2. The number of rotatable bonds is 7. The van der Waals surface area contributed by atoms with E-state index in [0.717, 1.165) is 5.56 Å². The Morgan fingerprint density at radius 2 is 2.03 bits per heavy atom. The van der Waals surface area contributed by atoms with E-state index in [1.165, 1.54) is 10.8 Å². The number of H-pyrrole nitrogens is 1. The summed E-state index contributed by atoms with van der Waals surface area (Å²) in [6.45, 7) is 7.33. The van der Waals surface area contributed by atoms with Gasteiger partial charge in [-0.1, -0.05) is 6.92 Å². The van der Waals surface area contributed by atoms with Gasteiger partial charge in [0.2, 0.25) is 17.5 Å². The first-order chi connectivity index (χ1) is 13.8. The summed E-state index contributed by atoms with van der Waals surface area (Å²) in [5, 5.41) is 15.2. The summed E-state index contributed by atoms with van der Waals surface area (Å²) in [4.78, 5) is 32.0. The van der Waals surface area contributed by atoms with Gasteiger partial charge in [0, 0.05) is 35.7 Å². The highest BCUT2D eigenvalue weighted by molar-refractivity contribution is 5.99. The zero-order chi connectivity index (χ0) is 21.2. The third kappa shape index (κ3) is 4.16. The second-order valence-electron chi connectivity index (χ2n) is 6.88. The maximum atomic E-state index is 12.5. The number of hydrogen-bond acceptors (Lipinski definition) is 6. The van der Waals surface area contributed by atoms with Gasteiger partial charge in [-0.15, -0.1) is 12.3 Å². The summed E-state index contributed by atoms with van der Waals surface area (Å²) in [7, 11) is 0. The van der Waals surface area contributed by atoms with Crippen molar-refractivity contribution in [3.8, 4) is 18.3 Å². The summed E-state index contributed by atoms with van der Waals surface area (Å²) in [5.41, 5.74) is 1.83. The fourth-order valence-corrected chi connectivity index (χ4v) is 2.96. The number of terminal acetylenes is 1. The van der Waals surface area contributed by atoms with Crippen molar-refractivity contribution >= 4 is 11.7 Å². The number of aromatic amines is 1. The van der Waals surface area contributed by atoms with Crippen LogP contribution in [0.25, 0.3) is 5.95 Å². The first-order valence-corrected chi connectivity index (χ1v) is 9.34. The quantitative estimate of drug-likeness (QED) is 0.555. The van der Waals surface area contributed by atoms with Crippen LogP contribution in [0, 0.1) is 33.1 Å². The number of nitrogens with one attached hydrogen (secondary N) is 2. The average Bonchev–Trinajstić information content (AvgIpc) is 3.41. The van der Waals surface area contributed by atoms with Gasteiger partial charge in [0.25, 0.3) is 5.56 Å². The van der Waals surface area contributed by atoms with E-state index in [1.807, 2.05) is 20.8 Å².